The van der Waals surface area contributed by atoms with Crippen LogP contribution in [0.2, 0.25) is 0 Å². The molecule has 0 aromatic carbocycles. The third kappa shape index (κ3) is 3.07. The quantitative estimate of drug-likeness (QED) is 0.885. The summed E-state index contributed by atoms with van der Waals surface area (Å²) in [6.07, 6.45) is 2.93. The fraction of sp³-hybridized carbons (Fsp3) is 0.500. The lowest BCUT2D eigenvalue weighted by Gasteiger charge is -2.14. The Hall–Kier alpha value is -1.26. The van der Waals surface area contributed by atoms with Gasteiger partial charge in [-0.1, -0.05) is 13.8 Å². The summed E-state index contributed by atoms with van der Waals surface area (Å²) in [5.74, 6) is 0.894. The van der Waals surface area contributed by atoms with Crippen molar-refractivity contribution in [3.8, 4) is 11.4 Å². The predicted octanol–water partition coefficient (Wildman–Crippen LogP) is 3.40. The van der Waals surface area contributed by atoms with Gasteiger partial charge in [-0.25, -0.2) is 9.97 Å². The summed E-state index contributed by atoms with van der Waals surface area (Å²) in [6.45, 7) is 7.45. The highest BCUT2D eigenvalue weighted by Gasteiger charge is 2.14. The summed E-state index contributed by atoms with van der Waals surface area (Å²) < 4.78 is 0. The minimum Gasteiger partial charge on any atom is -0.319 e. The summed E-state index contributed by atoms with van der Waals surface area (Å²) in [5.41, 5.74) is 6.18. The van der Waals surface area contributed by atoms with Gasteiger partial charge < -0.3 is 5.32 Å². The Bertz CT molecular complexity index is 550. The molecule has 20 heavy (non-hydrogen) atoms. The van der Waals surface area contributed by atoms with Crippen LogP contribution in [0.4, 0.5) is 0 Å². The minimum atomic E-state index is 0.894. The van der Waals surface area contributed by atoms with E-state index in [1.54, 1.807) is 11.3 Å². The number of nitrogens with zero attached hydrogens (tertiary/aromatic N) is 2. The van der Waals surface area contributed by atoms with Gasteiger partial charge in [0.2, 0.25) is 0 Å². The van der Waals surface area contributed by atoms with Crippen LogP contribution in [-0.4, -0.2) is 23.6 Å². The molecule has 0 aliphatic rings. The largest absolute Gasteiger partial charge is 0.319 e. The summed E-state index contributed by atoms with van der Waals surface area (Å²) in [4.78, 5) is 9.65. The zero-order chi connectivity index (χ0) is 14.5. The Morgan fingerprint density at radius 2 is 1.75 bits per heavy atom. The van der Waals surface area contributed by atoms with Crippen LogP contribution in [-0.2, 0) is 19.3 Å². The maximum Gasteiger partial charge on any atom is 0.160 e. The lowest BCUT2D eigenvalue weighted by Crippen LogP contribution is -2.15. The Morgan fingerprint density at radius 3 is 2.20 bits per heavy atom. The SMILES string of the molecule is CCc1nc(-c2cscc2C)nc(CC)c1CCNC. The molecule has 0 aliphatic heterocycles. The van der Waals surface area contributed by atoms with Crippen LogP contribution in [0.25, 0.3) is 11.4 Å². The monoisotopic (exact) mass is 289 g/mol. The summed E-state index contributed by atoms with van der Waals surface area (Å²) in [7, 11) is 1.99. The van der Waals surface area contributed by atoms with E-state index in [1.807, 2.05) is 7.05 Å². The van der Waals surface area contributed by atoms with Crippen LogP contribution >= 0.6 is 11.3 Å². The maximum absolute atomic E-state index is 4.82. The van der Waals surface area contributed by atoms with Gasteiger partial charge in [0, 0.05) is 22.3 Å². The second-order valence-corrected chi connectivity index (χ2v) is 5.69. The molecule has 2 aromatic heterocycles. The van der Waals surface area contributed by atoms with Crippen molar-refractivity contribution in [2.75, 3.05) is 13.6 Å². The van der Waals surface area contributed by atoms with Gasteiger partial charge >= 0.3 is 0 Å². The fourth-order valence-electron chi connectivity index (χ4n) is 2.42. The maximum atomic E-state index is 4.82. The van der Waals surface area contributed by atoms with Crippen molar-refractivity contribution in [3.63, 3.8) is 0 Å². The Morgan fingerprint density at radius 1 is 1.10 bits per heavy atom. The summed E-state index contributed by atoms with van der Waals surface area (Å²) in [5, 5.41) is 7.52. The molecule has 2 heterocycles. The highest BCUT2D eigenvalue weighted by molar-refractivity contribution is 7.08. The molecule has 0 aliphatic carbocycles. The van der Waals surface area contributed by atoms with Crippen molar-refractivity contribution in [2.24, 2.45) is 0 Å². The first-order valence-electron chi connectivity index (χ1n) is 7.27. The summed E-state index contributed by atoms with van der Waals surface area (Å²) >= 11 is 1.72. The van der Waals surface area contributed by atoms with Crippen LogP contribution < -0.4 is 5.32 Å². The van der Waals surface area contributed by atoms with E-state index in [1.165, 1.54) is 28.1 Å². The van der Waals surface area contributed by atoms with E-state index >= 15 is 0 Å². The van der Waals surface area contributed by atoms with Gasteiger partial charge in [0.25, 0.3) is 0 Å². The van der Waals surface area contributed by atoms with Gasteiger partial charge in [-0.2, -0.15) is 11.3 Å². The van der Waals surface area contributed by atoms with Crippen molar-refractivity contribution >= 4 is 11.3 Å². The molecule has 0 fully saturated rings. The topological polar surface area (TPSA) is 37.8 Å². The number of likely N-dealkylation sites (N-methyl/N-ethyl adjacent to an activating group) is 1. The molecule has 0 atom stereocenters. The smallest absolute Gasteiger partial charge is 0.160 e. The van der Waals surface area contributed by atoms with E-state index in [0.717, 1.165) is 31.6 Å². The standard InChI is InChI=1S/C16H23N3S/c1-5-14-12(7-8-17-4)15(6-2)19-16(18-14)13-10-20-9-11(13)3/h9-10,17H,5-8H2,1-4H3. The average molecular weight is 289 g/mol. The molecule has 108 valence electrons. The second kappa shape index (κ2) is 6.95. The number of hydrogen-bond donors (Lipinski definition) is 1. The van der Waals surface area contributed by atoms with Crippen LogP contribution in [0.15, 0.2) is 10.8 Å². The van der Waals surface area contributed by atoms with Crippen molar-refractivity contribution in [3.05, 3.63) is 33.3 Å². The molecule has 0 amide bonds. The van der Waals surface area contributed by atoms with Crippen molar-refractivity contribution in [1.82, 2.24) is 15.3 Å². The van der Waals surface area contributed by atoms with Crippen molar-refractivity contribution in [1.29, 1.82) is 0 Å². The van der Waals surface area contributed by atoms with E-state index in [-0.39, 0.29) is 0 Å². The van der Waals surface area contributed by atoms with Gasteiger partial charge in [0.1, 0.15) is 0 Å². The van der Waals surface area contributed by atoms with Gasteiger partial charge in [0.15, 0.2) is 5.82 Å². The zero-order valence-electron chi connectivity index (χ0n) is 12.8. The number of nitrogens with one attached hydrogen (secondary N) is 1. The van der Waals surface area contributed by atoms with Crippen molar-refractivity contribution in [2.45, 2.75) is 40.0 Å². The normalized spacial score (nSPS) is 11.0. The van der Waals surface area contributed by atoms with Crippen LogP contribution in [0.1, 0.15) is 36.4 Å². The summed E-state index contributed by atoms with van der Waals surface area (Å²) in [6, 6.07) is 0. The third-order valence-corrected chi connectivity index (χ3v) is 4.43. The molecular formula is C16H23N3S. The lowest BCUT2D eigenvalue weighted by atomic mass is 10.0. The highest BCUT2D eigenvalue weighted by atomic mass is 32.1. The Kier molecular flexibility index (Phi) is 5.26. The molecule has 0 spiro atoms. The molecule has 3 nitrogen and oxygen atoms in total. The van der Waals surface area contributed by atoms with E-state index in [9.17, 15) is 0 Å². The first-order chi connectivity index (χ1) is 9.71. The molecular weight excluding hydrogens is 266 g/mol. The number of aromatic nitrogens is 2. The van der Waals surface area contributed by atoms with Crippen molar-refractivity contribution < 1.29 is 0 Å². The van der Waals surface area contributed by atoms with Gasteiger partial charge in [0.05, 0.1) is 0 Å². The number of hydrogen-bond acceptors (Lipinski definition) is 4. The molecule has 4 heteroatoms. The molecule has 0 unspecified atom stereocenters. The van der Waals surface area contributed by atoms with Crippen LogP contribution in [0.3, 0.4) is 0 Å². The molecule has 2 aromatic rings. The molecule has 0 saturated heterocycles. The number of rotatable bonds is 6. The fourth-order valence-corrected chi connectivity index (χ4v) is 3.24. The lowest BCUT2D eigenvalue weighted by molar-refractivity contribution is 0.760. The molecule has 0 radical (unpaired) electrons. The third-order valence-electron chi connectivity index (χ3n) is 3.57. The Labute approximate surface area is 125 Å². The predicted molar refractivity (Wildman–Crippen MR) is 86.5 cm³/mol. The average Bonchev–Trinajstić information content (AvgIpc) is 2.90. The van der Waals surface area contributed by atoms with Crippen LogP contribution in [0.5, 0.6) is 0 Å². The van der Waals surface area contributed by atoms with Gasteiger partial charge in [-0.3, -0.25) is 0 Å². The minimum absolute atomic E-state index is 0.894. The molecule has 0 saturated carbocycles. The highest BCUT2D eigenvalue weighted by Crippen LogP contribution is 2.26. The molecule has 1 N–H and O–H groups in total. The van der Waals surface area contributed by atoms with Crippen LogP contribution in [0, 0.1) is 6.92 Å². The van der Waals surface area contributed by atoms with E-state index in [4.69, 9.17) is 9.97 Å². The van der Waals surface area contributed by atoms with E-state index in [0.29, 0.717) is 0 Å². The van der Waals surface area contributed by atoms with E-state index < -0.39 is 0 Å². The first-order valence-corrected chi connectivity index (χ1v) is 8.21. The second-order valence-electron chi connectivity index (χ2n) is 4.95. The molecule has 2 rings (SSSR count). The number of aryl methyl sites for hydroxylation is 3. The first kappa shape index (κ1) is 15.1. The zero-order valence-corrected chi connectivity index (χ0v) is 13.6. The Balaban J connectivity index is 2.49. The van der Waals surface area contributed by atoms with Gasteiger partial charge in [-0.05, 0) is 56.3 Å². The number of thiophene rings is 1. The van der Waals surface area contributed by atoms with E-state index in [2.05, 4.69) is 36.8 Å². The van der Waals surface area contributed by atoms with Gasteiger partial charge in [-0.15, -0.1) is 0 Å². The molecule has 0 bridgehead atoms.